The fraction of sp³-hybridized carbons (Fsp3) is 0.414. The molecule has 0 saturated heterocycles. The molecule has 2 N–H and O–H groups in total. The zero-order chi connectivity index (χ0) is 23.2. The lowest BCUT2D eigenvalue weighted by atomic mass is 9.82. The van der Waals surface area contributed by atoms with Gasteiger partial charge in [0.15, 0.2) is 0 Å². The highest BCUT2D eigenvalue weighted by atomic mass is 15.0. The van der Waals surface area contributed by atoms with Gasteiger partial charge in [0.1, 0.15) is 0 Å². The molecule has 0 aliphatic rings. The van der Waals surface area contributed by atoms with Gasteiger partial charge in [0, 0.05) is 25.2 Å². The third-order valence-electron chi connectivity index (χ3n) is 5.84. The fourth-order valence-corrected chi connectivity index (χ4v) is 4.28. The first-order valence-corrected chi connectivity index (χ1v) is 11.7. The third kappa shape index (κ3) is 6.75. The molecule has 0 radical (unpaired) electrons. The largest absolute Gasteiger partial charge is 0.304 e. The van der Waals surface area contributed by atoms with Crippen LogP contribution in [-0.4, -0.2) is 4.98 Å². The highest BCUT2D eigenvalue weighted by molar-refractivity contribution is 5.22. The van der Waals surface area contributed by atoms with Crippen molar-refractivity contribution >= 4 is 0 Å². The summed E-state index contributed by atoms with van der Waals surface area (Å²) >= 11 is 0. The smallest absolute Gasteiger partial charge is 0.0545 e. The molecule has 0 aliphatic heterocycles. The van der Waals surface area contributed by atoms with Crippen LogP contribution in [0.1, 0.15) is 76.1 Å². The minimum Gasteiger partial charge on any atom is -0.304 e. The van der Waals surface area contributed by atoms with Crippen LogP contribution in [0, 0.1) is 10.8 Å². The molecule has 0 fully saturated rings. The molecular weight excluding hydrogens is 390 g/mol. The molecule has 3 nitrogen and oxygen atoms in total. The Bertz CT molecular complexity index is 876. The lowest BCUT2D eigenvalue weighted by Gasteiger charge is -2.32. The molecule has 3 rings (SSSR count). The highest BCUT2D eigenvalue weighted by Crippen LogP contribution is 2.34. The van der Waals surface area contributed by atoms with Crippen molar-refractivity contribution in [2.24, 2.45) is 10.8 Å². The van der Waals surface area contributed by atoms with Gasteiger partial charge in [-0.1, -0.05) is 108 Å². The SMILES string of the molecule is CC(C)(C)[C@@H](NCc1cccc(CN[C@@H](c2ccccc2)C(C)(C)C)n1)c1ccccc1. The molecule has 0 aliphatic carbocycles. The van der Waals surface area contributed by atoms with Crippen LogP contribution in [0.15, 0.2) is 78.9 Å². The summed E-state index contributed by atoms with van der Waals surface area (Å²) in [7, 11) is 0. The molecule has 0 bridgehead atoms. The number of nitrogens with zero attached hydrogens (tertiary/aromatic N) is 1. The van der Waals surface area contributed by atoms with E-state index in [1.807, 2.05) is 0 Å². The summed E-state index contributed by atoms with van der Waals surface area (Å²) in [6.07, 6.45) is 0. The van der Waals surface area contributed by atoms with Crippen molar-refractivity contribution in [2.45, 2.75) is 66.7 Å². The lowest BCUT2D eigenvalue weighted by molar-refractivity contribution is 0.268. The van der Waals surface area contributed by atoms with Crippen molar-refractivity contribution in [1.82, 2.24) is 15.6 Å². The van der Waals surface area contributed by atoms with E-state index < -0.39 is 0 Å². The predicted octanol–water partition coefficient (Wildman–Crippen LogP) is 6.84. The average Bonchev–Trinajstić information content (AvgIpc) is 2.74. The Labute approximate surface area is 194 Å². The summed E-state index contributed by atoms with van der Waals surface area (Å²) < 4.78 is 0. The van der Waals surface area contributed by atoms with E-state index in [9.17, 15) is 0 Å². The Balaban J connectivity index is 1.68. The monoisotopic (exact) mass is 429 g/mol. The second kappa shape index (κ2) is 10.4. The summed E-state index contributed by atoms with van der Waals surface area (Å²) in [4.78, 5) is 4.94. The van der Waals surface area contributed by atoms with Crippen LogP contribution in [0.4, 0.5) is 0 Å². The van der Waals surface area contributed by atoms with Gasteiger partial charge in [0.05, 0.1) is 11.4 Å². The number of hydrogen-bond acceptors (Lipinski definition) is 3. The number of rotatable bonds is 8. The first-order valence-electron chi connectivity index (χ1n) is 11.7. The molecular formula is C29H39N3. The van der Waals surface area contributed by atoms with E-state index in [4.69, 9.17) is 4.98 Å². The van der Waals surface area contributed by atoms with E-state index in [0.29, 0.717) is 0 Å². The molecule has 32 heavy (non-hydrogen) atoms. The number of benzene rings is 2. The molecule has 1 aromatic heterocycles. The number of aromatic nitrogens is 1. The van der Waals surface area contributed by atoms with E-state index in [2.05, 4.69) is 131 Å². The molecule has 3 heteroatoms. The van der Waals surface area contributed by atoms with Gasteiger partial charge in [-0.25, -0.2) is 0 Å². The standard InChI is InChI=1S/C29H39N3/c1-28(2,3)26(22-14-9-7-10-15-22)30-20-24-18-13-19-25(32-24)21-31-27(29(4,5)6)23-16-11-8-12-17-23/h7-19,26-27,30-31H,20-21H2,1-6H3/t26-,27-/m0/s1. The quantitative estimate of drug-likeness (QED) is 0.412. The van der Waals surface area contributed by atoms with Crippen LogP contribution in [0.5, 0.6) is 0 Å². The topological polar surface area (TPSA) is 37.0 Å². The maximum Gasteiger partial charge on any atom is 0.0545 e. The van der Waals surface area contributed by atoms with Crippen molar-refractivity contribution in [2.75, 3.05) is 0 Å². The van der Waals surface area contributed by atoms with E-state index >= 15 is 0 Å². The Hall–Kier alpha value is -2.49. The van der Waals surface area contributed by atoms with E-state index in [1.54, 1.807) is 0 Å². The fourth-order valence-electron chi connectivity index (χ4n) is 4.28. The molecule has 2 aromatic carbocycles. The molecule has 1 heterocycles. The summed E-state index contributed by atoms with van der Waals surface area (Å²) in [6.45, 7) is 15.2. The van der Waals surface area contributed by atoms with E-state index in [1.165, 1.54) is 11.1 Å². The van der Waals surface area contributed by atoms with Gasteiger partial charge in [0.25, 0.3) is 0 Å². The highest BCUT2D eigenvalue weighted by Gasteiger charge is 2.27. The predicted molar refractivity (Wildman–Crippen MR) is 135 cm³/mol. The summed E-state index contributed by atoms with van der Waals surface area (Å²) in [6, 6.07) is 28.2. The van der Waals surface area contributed by atoms with Gasteiger partial charge in [-0.05, 0) is 34.1 Å². The van der Waals surface area contributed by atoms with Gasteiger partial charge in [-0.3, -0.25) is 4.98 Å². The van der Waals surface area contributed by atoms with Crippen LogP contribution < -0.4 is 10.6 Å². The lowest BCUT2D eigenvalue weighted by Crippen LogP contribution is -2.33. The number of pyridine rings is 1. The molecule has 0 amide bonds. The summed E-state index contributed by atoms with van der Waals surface area (Å²) in [5.41, 5.74) is 4.98. The maximum absolute atomic E-state index is 4.94. The van der Waals surface area contributed by atoms with Gasteiger partial charge in [0.2, 0.25) is 0 Å². The van der Waals surface area contributed by atoms with Gasteiger partial charge < -0.3 is 10.6 Å². The molecule has 3 aromatic rings. The molecule has 170 valence electrons. The normalized spacial score (nSPS) is 14.2. The van der Waals surface area contributed by atoms with Gasteiger partial charge in [-0.15, -0.1) is 0 Å². The minimum atomic E-state index is 0.107. The third-order valence-corrected chi connectivity index (χ3v) is 5.84. The second-order valence-corrected chi connectivity index (χ2v) is 10.8. The second-order valence-electron chi connectivity index (χ2n) is 10.8. The van der Waals surface area contributed by atoms with Crippen LogP contribution in [-0.2, 0) is 13.1 Å². The van der Waals surface area contributed by atoms with Crippen molar-refractivity contribution in [3.8, 4) is 0 Å². The first kappa shape index (κ1) is 24.2. The Morgan fingerprint density at radius 2 is 0.938 bits per heavy atom. The maximum atomic E-state index is 4.94. The Morgan fingerprint density at radius 1 is 0.562 bits per heavy atom. The molecule has 0 unspecified atom stereocenters. The first-order chi connectivity index (χ1) is 15.1. The van der Waals surface area contributed by atoms with Crippen molar-refractivity contribution in [1.29, 1.82) is 0 Å². The Kier molecular flexibility index (Phi) is 7.86. The minimum absolute atomic E-state index is 0.107. The molecule has 0 spiro atoms. The van der Waals surface area contributed by atoms with Crippen LogP contribution in [0.3, 0.4) is 0 Å². The number of hydrogen-bond donors (Lipinski definition) is 2. The van der Waals surface area contributed by atoms with E-state index in [-0.39, 0.29) is 22.9 Å². The zero-order valence-electron chi connectivity index (χ0n) is 20.5. The molecule has 2 atom stereocenters. The zero-order valence-corrected chi connectivity index (χ0v) is 20.5. The van der Waals surface area contributed by atoms with Crippen molar-refractivity contribution in [3.63, 3.8) is 0 Å². The summed E-state index contributed by atoms with van der Waals surface area (Å²) in [5.74, 6) is 0. The van der Waals surface area contributed by atoms with Gasteiger partial charge >= 0.3 is 0 Å². The van der Waals surface area contributed by atoms with Crippen LogP contribution >= 0.6 is 0 Å². The van der Waals surface area contributed by atoms with Crippen molar-refractivity contribution < 1.29 is 0 Å². The van der Waals surface area contributed by atoms with Gasteiger partial charge in [-0.2, -0.15) is 0 Å². The van der Waals surface area contributed by atoms with Crippen molar-refractivity contribution in [3.05, 3.63) is 101 Å². The number of nitrogens with one attached hydrogen (secondary N) is 2. The van der Waals surface area contributed by atoms with Crippen LogP contribution in [0.25, 0.3) is 0 Å². The van der Waals surface area contributed by atoms with E-state index in [0.717, 1.165) is 24.5 Å². The summed E-state index contributed by atoms with van der Waals surface area (Å²) in [5, 5.41) is 7.50. The Morgan fingerprint density at radius 3 is 1.28 bits per heavy atom. The average molecular weight is 430 g/mol. The van der Waals surface area contributed by atoms with Crippen LogP contribution in [0.2, 0.25) is 0 Å². The molecule has 0 saturated carbocycles.